The average molecular weight is 458 g/mol. The van der Waals surface area contributed by atoms with Crippen LogP contribution in [-0.4, -0.2) is 36.6 Å². The van der Waals surface area contributed by atoms with Crippen molar-refractivity contribution in [3.05, 3.63) is 57.0 Å². The number of amides is 2. The highest BCUT2D eigenvalue weighted by Gasteiger charge is 2.17. The van der Waals surface area contributed by atoms with Gasteiger partial charge in [0.2, 0.25) is 0 Å². The molecule has 0 unspecified atom stereocenters. The Morgan fingerprint density at radius 2 is 1.85 bits per heavy atom. The molecule has 0 aliphatic heterocycles. The zero-order chi connectivity index (χ0) is 20.0. The van der Waals surface area contributed by atoms with Crippen LogP contribution in [-0.2, 0) is 9.53 Å². The standard InChI is InChI=1S/C17H14BrClN2O6/c1-26-14-5-3-10(19)7-12(14)16(24)21-20-15(23)8-27-17(25)11-6-9(18)2-4-13(11)22/h2-7,22H,8H2,1H3,(H,20,23)(H,21,24). The summed E-state index contributed by atoms with van der Waals surface area (Å²) in [6.45, 7) is -0.669. The highest BCUT2D eigenvalue weighted by Crippen LogP contribution is 2.23. The van der Waals surface area contributed by atoms with Crippen LogP contribution < -0.4 is 15.6 Å². The molecule has 0 radical (unpaired) electrons. The second-order valence-corrected chi connectivity index (χ2v) is 6.44. The number of esters is 1. The molecule has 2 rings (SSSR count). The number of aromatic hydroxyl groups is 1. The van der Waals surface area contributed by atoms with E-state index in [2.05, 4.69) is 26.8 Å². The van der Waals surface area contributed by atoms with Gasteiger partial charge in [0.1, 0.15) is 17.1 Å². The number of hydrazine groups is 1. The van der Waals surface area contributed by atoms with Gasteiger partial charge in [-0.2, -0.15) is 0 Å². The molecule has 0 aliphatic carbocycles. The number of phenolic OH excluding ortho intramolecular Hbond substituents is 1. The van der Waals surface area contributed by atoms with Gasteiger partial charge in [-0.05, 0) is 36.4 Å². The molecule has 2 aromatic rings. The Labute approximate surface area is 167 Å². The Kier molecular flexibility index (Phi) is 7.03. The van der Waals surface area contributed by atoms with E-state index in [1.165, 1.54) is 31.4 Å². The van der Waals surface area contributed by atoms with E-state index in [1.807, 2.05) is 0 Å². The summed E-state index contributed by atoms with van der Waals surface area (Å²) in [6.07, 6.45) is 0. The number of rotatable bonds is 5. The van der Waals surface area contributed by atoms with Gasteiger partial charge in [0.05, 0.1) is 12.7 Å². The second-order valence-electron chi connectivity index (χ2n) is 5.08. The van der Waals surface area contributed by atoms with Crippen LogP contribution in [0.1, 0.15) is 20.7 Å². The number of methoxy groups -OCH3 is 1. The maximum Gasteiger partial charge on any atom is 0.342 e. The number of benzene rings is 2. The lowest BCUT2D eigenvalue weighted by Gasteiger charge is -2.11. The zero-order valence-electron chi connectivity index (χ0n) is 13.9. The van der Waals surface area contributed by atoms with E-state index in [0.29, 0.717) is 9.50 Å². The maximum absolute atomic E-state index is 12.1. The van der Waals surface area contributed by atoms with Crippen LogP contribution in [0.3, 0.4) is 0 Å². The lowest BCUT2D eigenvalue weighted by Crippen LogP contribution is -2.43. The Hall–Kier alpha value is -2.78. The Morgan fingerprint density at radius 3 is 2.56 bits per heavy atom. The van der Waals surface area contributed by atoms with Crippen molar-refractivity contribution in [1.82, 2.24) is 10.9 Å². The van der Waals surface area contributed by atoms with Gasteiger partial charge in [-0.25, -0.2) is 4.79 Å². The number of hydrogen-bond donors (Lipinski definition) is 3. The first-order valence-corrected chi connectivity index (χ1v) is 8.57. The average Bonchev–Trinajstić information content (AvgIpc) is 2.65. The first-order valence-electron chi connectivity index (χ1n) is 7.40. The van der Waals surface area contributed by atoms with Crippen LogP contribution in [0.25, 0.3) is 0 Å². The summed E-state index contributed by atoms with van der Waals surface area (Å²) in [7, 11) is 1.38. The summed E-state index contributed by atoms with van der Waals surface area (Å²) in [5, 5.41) is 9.96. The van der Waals surface area contributed by atoms with Gasteiger partial charge in [0.15, 0.2) is 6.61 Å². The Balaban J connectivity index is 1.89. The molecular formula is C17H14BrClN2O6. The SMILES string of the molecule is COc1ccc(Cl)cc1C(=O)NNC(=O)COC(=O)c1cc(Br)ccc1O. The summed E-state index contributed by atoms with van der Waals surface area (Å²) in [5.74, 6) is -2.37. The van der Waals surface area contributed by atoms with Gasteiger partial charge in [-0.3, -0.25) is 20.4 Å². The normalized spacial score (nSPS) is 10.0. The molecular weight excluding hydrogens is 444 g/mol. The molecule has 27 heavy (non-hydrogen) atoms. The monoisotopic (exact) mass is 456 g/mol. The molecule has 0 saturated carbocycles. The number of carbonyl (C=O) groups excluding carboxylic acids is 3. The van der Waals surface area contributed by atoms with Gasteiger partial charge in [0, 0.05) is 9.50 Å². The van der Waals surface area contributed by atoms with E-state index in [1.54, 1.807) is 12.1 Å². The predicted octanol–water partition coefficient (Wildman–Crippen LogP) is 2.43. The Morgan fingerprint density at radius 1 is 1.11 bits per heavy atom. The quantitative estimate of drug-likeness (QED) is 0.469. The number of phenols is 1. The van der Waals surface area contributed by atoms with Crippen molar-refractivity contribution in [1.29, 1.82) is 0 Å². The Bertz CT molecular complexity index is 890. The summed E-state index contributed by atoms with van der Waals surface area (Å²) in [6, 6.07) is 8.62. The number of halogens is 2. The maximum atomic E-state index is 12.1. The van der Waals surface area contributed by atoms with E-state index < -0.39 is 24.4 Å². The topological polar surface area (TPSA) is 114 Å². The van der Waals surface area contributed by atoms with Gasteiger partial charge >= 0.3 is 5.97 Å². The van der Waals surface area contributed by atoms with E-state index in [-0.39, 0.29) is 22.6 Å². The summed E-state index contributed by atoms with van der Waals surface area (Å²) in [4.78, 5) is 35.8. The second kappa shape index (κ2) is 9.24. The molecule has 0 aromatic heterocycles. The summed E-state index contributed by atoms with van der Waals surface area (Å²) in [5.41, 5.74) is 4.26. The van der Waals surface area contributed by atoms with Crippen molar-refractivity contribution in [2.75, 3.05) is 13.7 Å². The van der Waals surface area contributed by atoms with Crippen molar-refractivity contribution in [2.24, 2.45) is 0 Å². The zero-order valence-corrected chi connectivity index (χ0v) is 16.3. The minimum absolute atomic E-state index is 0.107. The van der Waals surface area contributed by atoms with Crippen LogP contribution in [0.15, 0.2) is 40.9 Å². The molecule has 3 N–H and O–H groups in total. The molecule has 2 amide bonds. The third-order valence-electron chi connectivity index (χ3n) is 3.23. The molecule has 8 nitrogen and oxygen atoms in total. The summed E-state index contributed by atoms with van der Waals surface area (Å²) < 4.78 is 10.4. The van der Waals surface area contributed by atoms with E-state index in [4.69, 9.17) is 21.1 Å². The van der Waals surface area contributed by atoms with Crippen LogP contribution in [0.5, 0.6) is 11.5 Å². The minimum Gasteiger partial charge on any atom is -0.507 e. The molecule has 0 fully saturated rings. The van der Waals surface area contributed by atoms with Crippen molar-refractivity contribution in [2.45, 2.75) is 0 Å². The molecule has 0 saturated heterocycles. The highest BCUT2D eigenvalue weighted by atomic mass is 79.9. The van der Waals surface area contributed by atoms with Crippen molar-refractivity contribution in [3.63, 3.8) is 0 Å². The van der Waals surface area contributed by atoms with E-state index in [0.717, 1.165) is 0 Å². The van der Waals surface area contributed by atoms with Crippen molar-refractivity contribution >= 4 is 45.3 Å². The number of nitrogens with one attached hydrogen (secondary N) is 2. The summed E-state index contributed by atoms with van der Waals surface area (Å²) >= 11 is 9.00. The molecule has 0 heterocycles. The fourth-order valence-corrected chi connectivity index (χ4v) is 2.50. The van der Waals surface area contributed by atoms with Crippen molar-refractivity contribution < 1.29 is 29.0 Å². The minimum atomic E-state index is -0.896. The van der Waals surface area contributed by atoms with Crippen LogP contribution in [0.4, 0.5) is 0 Å². The first-order chi connectivity index (χ1) is 12.8. The lowest BCUT2D eigenvalue weighted by atomic mass is 10.2. The molecule has 142 valence electrons. The smallest absolute Gasteiger partial charge is 0.342 e. The largest absolute Gasteiger partial charge is 0.507 e. The third-order valence-corrected chi connectivity index (χ3v) is 3.96. The van der Waals surface area contributed by atoms with Crippen molar-refractivity contribution in [3.8, 4) is 11.5 Å². The molecule has 0 aliphatic rings. The van der Waals surface area contributed by atoms with Crippen LogP contribution >= 0.6 is 27.5 Å². The molecule has 10 heteroatoms. The molecule has 0 atom stereocenters. The highest BCUT2D eigenvalue weighted by molar-refractivity contribution is 9.10. The van der Waals surface area contributed by atoms with Crippen LogP contribution in [0.2, 0.25) is 5.02 Å². The van der Waals surface area contributed by atoms with Gasteiger partial charge in [-0.1, -0.05) is 27.5 Å². The van der Waals surface area contributed by atoms with E-state index in [9.17, 15) is 19.5 Å². The third kappa shape index (κ3) is 5.60. The molecule has 0 bridgehead atoms. The lowest BCUT2D eigenvalue weighted by molar-refractivity contribution is -0.125. The van der Waals surface area contributed by atoms with Crippen LogP contribution in [0, 0.1) is 0 Å². The first kappa shape index (κ1) is 20.5. The number of ether oxygens (including phenoxy) is 2. The van der Waals surface area contributed by atoms with E-state index >= 15 is 0 Å². The van der Waals surface area contributed by atoms with Gasteiger partial charge in [-0.15, -0.1) is 0 Å². The molecule has 0 spiro atoms. The van der Waals surface area contributed by atoms with Gasteiger partial charge in [0.25, 0.3) is 11.8 Å². The fourth-order valence-electron chi connectivity index (χ4n) is 1.97. The fraction of sp³-hybridized carbons (Fsp3) is 0.118. The molecule has 2 aromatic carbocycles. The number of carbonyl (C=O) groups is 3. The predicted molar refractivity (Wildman–Crippen MR) is 99.7 cm³/mol. The van der Waals surface area contributed by atoms with Gasteiger partial charge < -0.3 is 14.6 Å². The number of hydrogen-bond acceptors (Lipinski definition) is 6.